The summed E-state index contributed by atoms with van der Waals surface area (Å²) in [5.74, 6) is 0.744. The molecular formula is C14H15NO2. The first-order chi connectivity index (χ1) is 8.24. The molecule has 3 nitrogen and oxygen atoms in total. The molecule has 0 aromatic heterocycles. The number of benzene rings is 2. The van der Waals surface area contributed by atoms with Crippen LogP contribution in [0.15, 0.2) is 42.5 Å². The van der Waals surface area contributed by atoms with E-state index in [0.29, 0.717) is 0 Å². The molecule has 0 bridgehead atoms. The third-order valence-electron chi connectivity index (χ3n) is 2.70. The number of rotatable bonds is 3. The number of anilines is 1. The molecule has 17 heavy (non-hydrogen) atoms. The summed E-state index contributed by atoms with van der Waals surface area (Å²) in [5, 5.41) is 9.37. The first kappa shape index (κ1) is 11.5. The molecule has 0 heterocycles. The molecule has 3 heteroatoms. The molecule has 0 aliphatic heterocycles. The van der Waals surface area contributed by atoms with Gasteiger partial charge in [0.1, 0.15) is 5.75 Å². The van der Waals surface area contributed by atoms with Crippen LogP contribution in [0.5, 0.6) is 5.75 Å². The first-order valence-electron chi connectivity index (χ1n) is 5.38. The fraction of sp³-hybridized carbons (Fsp3) is 0.143. The zero-order valence-corrected chi connectivity index (χ0v) is 9.68. The van der Waals surface area contributed by atoms with Gasteiger partial charge in [0.25, 0.3) is 0 Å². The third-order valence-corrected chi connectivity index (χ3v) is 2.70. The Bertz CT molecular complexity index is 506. The minimum Gasteiger partial charge on any atom is -0.497 e. The van der Waals surface area contributed by atoms with Crippen LogP contribution in [0.1, 0.15) is 5.56 Å². The Morgan fingerprint density at radius 2 is 1.82 bits per heavy atom. The average Bonchev–Trinajstić information content (AvgIpc) is 2.39. The monoisotopic (exact) mass is 229 g/mol. The normalized spacial score (nSPS) is 10.2. The number of methoxy groups -OCH3 is 1. The van der Waals surface area contributed by atoms with E-state index in [9.17, 15) is 5.11 Å². The molecule has 0 aliphatic carbocycles. The number of aliphatic hydroxyl groups is 1. The molecule has 3 N–H and O–H groups in total. The minimum absolute atomic E-state index is 0.0170. The van der Waals surface area contributed by atoms with Gasteiger partial charge in [0.05, 0.1) is 13.7 Å². The number of nitrogen functional groups attached to an aromatic ring is 1. The summed E-state index contributed by atoms with van der Waals surface area (Å²) < 4.78 is 5.14. The van der Waals surface area contributed by atoms with Crippen molar-refractivity contribution in [2.45, 2.75) is 6.61 Å². The Kier molecular flexibility index (Phi) is 3.30. The van der Waals surface area contributed by atoms with Crippen molar-refractivity contribution in [3.63, 3.8) is 0 Å². The average molecular weight is 229 g/mol. The van der Waals surface area contributed by atoms with Gasteiger partial charge >= 0.3 is 0 Å². The van der Waals surface area contributed by atoms with Gasteiger partial charge in [-0.05, 0) is 41.0 Å². The molecule has 2 rings (SSSR count). The van der Waals surface area contributed by atoms with Gasteiger partial charge in [-0.2, -0.15) is 0 Å². The Morgan fingerprint density at radius 3 is 2.41 bits per heavy atom. The largest absolute Gasteiger partial charge is 0.497 e. The van der Waals surface area contributed by atoms with Gasteiger partial charge in [0.15, 0.2) is 0 Å². The first-order valence-corrected chi connectivity index (χ1v) is 5.38. The SMILES string of the molecule is COc1ccc(-c2ccc(N)cc2)c(CO)c1. The van der Waals surface area contributed by atoms with E-state index in [2.05, 4.69) is 0 Å². The Hall–Kier alpha value is -2.00. The van der Waals surface area contributed by atoms with Crippen LogP contribution in [0.4, 0.5) is 5.69 Å². The smallest absolute Gasteiger partial charge is 0.119 e. The van der Waals surface area contributed by atoms with Crippen molar-refractivity contribution in [1.29, 1.82) is 0 Å². The maximum Gasteiger partial charge on any atom is 0.119 e. The highest BCUT2D eigenvalue weighted by molar-refractivity contribution is 5.69. The van der Waals surface area contributed by atoms with Crippen LogP contribution >= 0.6 is 0 Å². The van der Waals surface area contributed by atoms with Crippen LogP contribution in [-0.4, -0.2) is 12.2 Å². The summed E-state index contributed by atoms with van der Waals surface area (Å²) in [7, 11) is 1.61. The lowest BCUT2D eigenvalue weighted by Crippen LogP contribution is -1.92. The lowest BCUT2D eigenvalue weighted by Gasteiger charge is -2.10. The van der Waals surface area contributed by atoms with E-state index < -0.39 is 0 Å². The standard InChI is InChI=1S/C14H15NO2/c1-17-13-6-7-14(11(8-13)9-16)10-2-4-12(15)5-3-10/h2-8,16H,9,15H2,1H3. The Morgan fingerprint density at radius 1 is 1.12 bits per heavy atom. The summed E-state index contributed by atoms with van der Waals surface area (Å²) in [4.78, 5) is 0. The summed E-state index contributed by atoms with van der Waals surface area (Å²) in [5.41, 5.74) is 9.25. The summed E-state index contributed by atoms with van der Waals surface area (Å²) in [6, 6.07) is 13.2. The quantitative estimate of drug-likeness (QED) is 0.795. The lowest BCUT2D eigenvalue weighted by molar-refractivity contribution is 0.281. The predicted molar refractivity (Wildman–Crippen MR) is 68.8 cm³/mol. The highest BCUT2D eigenvalue weighted by Crippen LogP contribution is 2.28. The van der Waals surface area contributed by atoms with Gasteiger partial charge in [0.2, 0.25) is 0 Å². The van der Waals surface area contributed by atoms with E-state index in [4.69, 9.17) is 10.5 Å². The molecule has 2 aromatic carbocycles. The van der Waals surface area contributed by atoms with Crippen molar-refractivity contribution in [2.75, 3.05) is 12.8 Å². The number of ether oxygens (including phenoxy) is 1. The molecule has 2 aromatic rings. The summed E-state index contributed by atoms with van der Waals surface area (Å²) in [6.45, 7) is -0.0170. The highest BCUT2D eigenvalue weighted by Gasteiger charge is 2.05. The predicted octanol–water partition coefficient (Wildman–Crippen LogP) is 2.44. The van der Waals surface area contributed by atoms with Crippen molar-refractivity contribution in [3.8, 4) is 16.9 Å². The van der Waals surface area contributed by atoms with E-state index in [1.54, 1.807) is 7.11 Å². The number of aliphatic hydroxyl groups excluding tert-OH is 1. The number of hydrogen-bond acceptors (Lipinski definition) is 3. The highest BCUT2D eigenvalue weighted by atomic mass is 16.5. The van der Waals surface area contributed by atoms with Crippen LogP contribution in [0.3, 0.4) is 0 Å². The van der Waals surface area contributed by atoms with Gasteiger partial charge in [-0.15, -0.1) is 0 Å². The van der Waals surface area contributed by atoms with E-state index in [0.717, 1.165) is 28.1 Å². The van der Waals surface area contributed by atoms with Crippen molar-refractivity contribution < 1.29 is 9.84 Å². The van der Waals surface area contributed by atoms with Crippen LogP contribution in [0.2, 0.25) is 0 Å². The zero-order chi connectivity index (χ0) is 12.3. The van der Waals surface area contributed by atoms with Crippen molar-refractivity contribution in [1.82, 2.24) is 0 Å². The Balaban J connectivity index is 2.47. The fourth-order valence-electron chi connectivity index (χ4n) is 1.77. The molecule has 0 atom stereocenters. The fourth-order valence-corrected chi connectivity index (χ4v) is 1.77. The maximum atomic E-state index is 9.37. The molecule has 0 saturated carbocycles. The van der Waals surface area contributed by atoms with Crippen LogP contribution < -0.4 is 10.5 Å². The van der Waals surface area contributed by atoms with Gasteiger partial charge in [-0.25, -0.2) is 0 Å². The van der Waals surface area contributed by atoms with Crippen LogP contribution in [0, 0.1) is 0 Å². The maximum absolute atomic E-state index is 9.37. The van der Waals surface area contributed by atoms with Gasteiger partial charge in [-0.1, -0.05) is 18.2 Å². The molecular weight excluding hydrogens is 214 g/mol. The molecule has 0 aliphatic rings. The van der Waals surface area contributed by atoms with E-state index in [1.165, 1.54) is 0 Å². The van der Waals surface area contributed by atoms with Gasteiger partial charge in [-0.3, -0.25) is 0 Å². The van der Waals surface area contributed by atoms with Crippen LogP contribution in [0.25, 0.3) is 11.1 Å². The van der Waals surface area contributed by atoms with Crippen molar-refractivity contribution in [2.24, 2.45) is 0 Å². The van der Waals surface area contributed by atoms with Crippen molar-refractivity contribution in [3.05, 3.63) is 48.0 Å². The molecule has 0 saturated heterocycles. The van der Waals surface area contributed by atoms with Gasteiger partial charge in [0, 0.05) is 5.69 Å². The van der Waals surface area contributed by atoms with Gasteiger partial charge < -0.3 is 15.6 Å². The lowest BCUT2D eigenvalue weighted by atomic mass is 9.99. The zero-order valence-electron chi connectivity index (χ0n) is 9.68. The topological polar surface area (TPSA) is 55.5 Å². The second-order valence-electron chi connectivity index (χ2n) is 3.80. The molecule has 0 amide bonds. The minimum atomic E-state index is -0.0170. The molecule has 0 spiro atoms. The van der Waals surface area contributed by atoms with E-state index in [-0.39, 0.29) is 6.61 Å². The number of hydrogen-bond donors (Lipinski definition) is 2. The summed E-state index contributed by atoms with van der Waals surface area (Å²) in [6.07, 6.45) is 0. The molecule has 0 unspecified atom stereocenters. The Labute approximate surface area is 100 Å². The second-order valence-corrected chi connectivity index (χ2v) is 3.80. The van der Waals surface area contributed by atoms with E-state index >= 15 is 0 Å². The van der Waals surface area contributed by atoms with Crippen LogP contribution in [-0.2, 0) is 6.61 Å². The number of nitrogens with two attached hydrogens (primary N) is 1. The second kappa shape index (κ2) is 4.89. The molecule has 88 valence electrons. The summed E-state index contributed by atoms with van der Waals surface area (Å²) >= 11 is 0. The van der Waals surface area contributed by atoms with E-state index in [1.807, 2.05) is 42.5 Å². The molecule has 0 fully saturated rings. The van der Waals surface area contributed by atoms with Crippen molar-refractivity contribution >= 4 is 5.69 Å². The third kappa shape index (κ3) is 2.40. The molecule has 0 radical (unpaired) electrons.